The molecule has 2 aromatic carbocycles. The van der Waals surface area contributed by atoms with Crippen LogP contribution in [0.4, 0.5) is 0 Å². The molecule has 0 fully saturated rings. The molecule has 5 heteroatoms. The zero-order chi connectivity index (χ0) is 17.3. The van der Waals surface area contributed by atoms with Gasteiger partial charge in [-0.1, -0.05) is 30.3 Å². The van der Waals surface area contributed by atoms with Gasteiger partial charge in [-0.05, 0) is 23.1 Å². The summed E-state index contributed by atoms with van der Waals surface area (Å²) in [6.07, 6.45) is 4.28. The van der Waals surface area contributed by atoms with Crippen LogP contribution in [-0.2, 0) is 9.53 Å². The van der Waals surface area contributed by atoms with Gasteiger partial charge < -0.3 is 4.74 Å². The fourth-order valence-electron chi connectivity index (χ4n) is 2.84. The molecule has 0 spiro atoms. The predicted octanol–water partition coefficient (Wildman–Crippen LogP) is 2.81. The van der Waals surface area contributed by atoms with Gasteiger partial charge in [0.1, 0.15) is 0 Å². The van der Waals surface area contributed by atoms with E-state index in [1.54, 1.807) is 18.2 Å². The van der Waals surface area contributed by atoms with Gasteiger partial charge in [0.2, 0.25) is 0 Å². The van der Waals surface area contributed by atoms with Gasteiger partial charge >= 0.3 is 5.97 Å². The molecule has 0 saturated heterocycles. The number of carbonyl (C=O) groups is 3. The Morgan fingerprint density at radius 1 is 1.21 bits per heavy atom. The minimum Gasteiger partial charge on any atom is -0.466 e. The van der Waals surface area contributed by atoms with Gasteiger partial charge in [-0.2, -0.15) is 0 Å². The highest BCUT2D eigenvalue weighted by molar-refractivity contribution is 6.26. The normalized spacial score (nSPS) is 13.6. The Hall–Kier alpha value is -3.21. The lowest BCUT2D eigenvalue weighted by atomic mass is 9.90. The van der Waals surface area contributed by atoms with E-state index in [-0.39, 0.29) is 12.5 Å². The molecule has 0 aliphatic carbocycles. The molecule has 0 N–H and O–H groups in total. The van der Waals surface area contributed by atoms with Crippen LogP contribution in [0.15, 0.2) is 49.1 Å². The Morgan fingerprint density at radius 3 is 2.71 bits per heavy atom. The van der Waals surface area contributed by atoms with E-state index in [0.717, 1.165) is 10.3 Å². The maximum absolute atomic E-state index is 12.8. The number of nitrogens with zero attached hydrogens (tertiary/aromatic N) is 1. The fourth-order valence-corrected chi connectivity index (χ4v) is 2.84. The summed E-state index contributed by atoms with van der Waals surface area (Å²) in [5.74, 6) is -1.25. The zero-order valence-corrected chi connectivity index (χ0v) is 13.1. The average molecular weight is 321 g/mol. The quantitative estimate of drug-likeness (QED) is 0.376. The highest BCUT2D eigenvalue weighted by Gasteiger charge is 2.33. The summed E-state index contributed by atoms with van der Waals surface area (Å²) in [5.41, 5.74) is 1.44. The van der Waals surface area contributed by atoms with Crippen molar-refractivity contribution in [2.75, 3.05) is 13.7 Å². The third kappa shape index (κ3) is 2.40. The molecule has 24 heavy (non-hydrogen) atoms. The molecule has 3 rings (SSSR count). The molecule has 1 aliphatic rings. The fraction of sp³-hybridized carbons (Fsp3) is 0.105. The average Bonchev–Trinajstić information content (AvgIpc) is 2.60. The van der Waals surface area contributed by atoms with Gasteiger partial charge in [0.15, 0.2) is 0 Å². The number of amides is 2. The topological polar surface area (TPSA) is 63.7 Å². The lowest BCUT2D eigenvalue weighted by Gasteiger charge is -2.27. The van der Waals surface area contributed by atoms with Crippen LogP contribution in [0.2, 0.25) is 0 Å². The number of hydrogen-bond acceptors (Lipinski definition) is 4. The molecular weight excluding hydrogens is 306 g/mol. The molecule has 1 aliphatic heterocycles. The maximum atomic E-state index is 12.8. The molecule has 1 heterocycles. The molecule has 0 bridgehead atoms. The van der Waals surface area contributed by atoms with Crippen LogP contribution in [0.25, 0.3) is 16.8 Å². The zero-order valence-electron chi connectivity index (χ0n) is 13.1. The second-order valence-corrected chi connectivity index (χ2v) is 5.30. The molecular formula is C19H15NO4. The van der Waals surface area contributed by atoms with Crippen LogP contribution < -0.4 is 0 Å². The second-order valence-electron chi connectivity index (χ2n) is 5.30. The first-order valence-electron chi connectivity index (χ1n) is 7.37. The summed E-state index contributed by atoms with van der Waals surface area (Å²) in [7, 11) is 1.28. The van der Waals surface area contributed by atoms with Crippen LogP contribution >= 0.6 is 0 Å². The van der Waals surface area contributed by atoms with Crippen LogP contribution in [0.1, 0.15) is 26.3 Å². The minimum absolute atomic E-state index is 0.128. The molecule has 120 valence electrons. The van der Waals surface area contributed by atoms with Crippen molar-refractivity contribution in [2.24, 2.45) is 0 Å². The van der Waals surface area contributed by atoms with E-state index in [0.29, 0.717) is 22.1 Å². The molecule has 0 atom stereocenters. The number of hydrogen-bond donors (Lipinski definition) is 0. The Morgan fingerprint density at radius 2 is 2.00 bits per heavy atom. The summed E-state index contributed by atoms with van der Waals surface area (Å²) >= 11 is 0. The van der Waals surface area contributed by atoms with Crippen molar-refractivity contribution in [3.05, 3.63) is 65.8 Å². The number of carbonyl (C=O) groups excluding carboxylic acids is 3. The van der Waals surface area contributed by atoms with Crippen molar-refractivity contribution < 1.29 is 19.1 Å². The Kier molecular flexibility index (Phi) is 4.00. The summed E-state index contributed by atoms with van der Waals surface area (Å²) in [6, 6.07) is 8.90. The molecule has 0 radical (unpaired) electrons. The Balaban J connectivity index is 2.28. The predicted molar refractivity (Wildman–Crippen MR) is 90.6 cm³/mol. The number of rotatable bonds is 4. The number of esters is 1. The highest BCUT2D eigenvalue weighted by Crippen LogP contribution is 2.33. The first-order chi connectivity index (χ1) is 11.6. The van der Waals surface area contributed by atoms with E-state index >= 15 is 0 Å². The molecule has 2 amide bonds. The Bertz CT molecular complexity index is 911. The van der Waals surface area contributed by atoms with Gasteiger partial charge in [0, 0.05) is 23.6 Å². The first kappa shape index (κ1) is 15.7. The number of imide groups is 1. The van der Waals surface area contributed by atoms with Crippen molar-refractivity contribution in [1.82, 2.24) is 4.90 Å². The minimum atomic E-state index is -0.516. The van der Waals surface area contributed by atoms with Crippen LogP contribution in [0.3, 0.4) is 0 Å². The van der Waals surface area contributed by atoms with Crippen LogP contribution in [0, 0.1) is 0 Å². The monoisotopic (exact) mass is 321 g/mol. The standard InChI is InChI=1S/C19H15NO4/c1-3-11-20-18(22)14-6-4-5-12-7-8-13(9-10-15(21)24-2)17(16(12)14)19(20)23/h3-10H,1,11H2,2H3/b10-9+. The lowest BCUT2D eigenvalue weighted by Crippen LogP contribution is -2.40. The van der Waals surface area contributed by atoms with Crippen LogP contribution in [-0.4, -0.2) is 36.3 Å². The maximum Gasteiger partial charge on any atom is 0.330 e. The van der Waals surface area contributed by atoms with E-state index in [2.05, 4.69) is 11.3 Å². The smallest absolute Gasteiger partial charge is 0.330 e. The highest BCUT2D eigenvalue weighted by atomic mass is 16.5. The van der Waals surface area contributed by atoms with Crippen molar-refractivity contribution >= 4 is 34.6 Å². The van der Waals surface area contributed by atoms with Gasteiger partial charge in [-0.25, -0.2) is 4.79 Å². The van der Waals surface area contributed by atoms with E-state index in [1.165, 1.54) is 25.3 Å². The molecule has 0 unspecified atom stereocenters. The first-order valence-corrected chi connectivity index (χ1v) is 7.37. The van der Waals surface area contributed by atoms with Gasteiger partial charge in [0.25, 0.3) is 11.8 Å². The van der Waals surface area contributed by atoms with Crippen molar-refractivity contribution in [3.8, 4) is 0 Å². The summed E-state index contributed by atoms with van der Waals surface area (Å²) in [6.45, 7) is 3.73. The summed E-state index contributed by atoms with van der Waals surface area (Å²) in [5, 5.41) is 1.41. The van der Waals surface area contributed by atoms with E-state index in [4.69, 9.17) is 0 Å². The lowest BCUT2D eigenvalue weighted by molar-refractivity contribution is -0.134. The second kappa shape index (κ2) is 6.12. The summed E-state index contributed by atoms with van der Waals surface area (Å²) in [4.78, 5) is 37.9. The van der Waals surface area contributed by atoms with Crippen LogP contribution in [0.5, 0.6) is 0 Å². The Labute approximate surface area is 138 Å². The molecule has 5 nitrogen and oxygen atoms in total. The largest absolute Gasteiger partial charge is 0.466 e. The molecule has 0 aromatic heterocycles. The van der Waals surface area contributed by atoms with Gasteiger partial charge in [0.05, 0.1) is 12.7 Å². The van der Waals surface area contributed by atoms with Crippen molar-refractivity contribution in [3.63, 3.8) is 0 Å². The SMILES string of the molecule is C=CCN1C(=O)c2cccc3ccc(/C=C/C(=O)OC)c(c23)C1=O. The number of benzene rings is 2. The molecule has 0 saturated carbocycles. The van der Waals surface area contributed by atoms with E-state index in [9.17, 15) is 14.4 Å². The van der Waals surface area contributed by atoms with Gasteiger partial charge in [-0.15, -0.1) is 6.58 Å². The van der Waals surface area contributed by atoms with E-state index in [1.807, 2.05) is 12.1 Å². The van der Waals surface area contributed by atoms with Crippen molar-refractivity contribution in [2.45, 2.75) is 0 Å². The number of methoxy groups -OCH3 is 1. The third-order valence-corrected chi connectivity index (χ3v) is 3.92. The number of ether oxygens (including phenoxy) is 1. The third-order valence-electron chi connectivity index (χ3n) is 3.92. The van der Waals surface area contributed by atoms with Crippen molar-refractivity contribution in [1.29, 1.82) is 0 Å². The summed E-state index contributed by atoms with van der Waals surface area (Å²) < 4.78 is 4.59. The van der Waals surface area contributed by atoms with E-state index < -0.39 is 11.9 Å². The molecule has 2 aromatic rings. The van der Waals surface area contributed by atoms with Gasteiger partial charge in [-0.3, -0.25) is 14.5 Å².